The van der Waals surface area contributed by atoms with E-state index in [1.165, 1.54) is 11.8 Å². The van der Waals surface area contributed by atoms with Gasteiger partial charge in [0.2, 0.25) is 0 Å². The molecule has 1 atom stereocenters. The Hall–Kier alpha value is -3.12. The number of hydrogen-bond donors (Lipinski definition) is 2. The maximum atomic E-state index is 12.6. The number of fused-ring (bicyclic) bond motifs is 1. The number of halogens is 1. The van der Waals surface area contributed by atoms with Crippen molar-refractivity contribution >= 4 is 46.1 Å². The SMILES string of the molecule is N#CC1=C(SCc2csc(-c3ccc(Cl)cc3)n2)Nc2cc[nH]c(=O)c2C1C1=NCC=C1. The number of H-pyrrole nitrogens is 1. The van der Waals surface area contributed by atoms with Crippen molar-refractivity contribution in [1.82, 2.24) is 9.97 Å². The summed E-state index contributed by atoms with van der Waals surface area (Å²) in [6.45, 7) is 0.562. The normalized spacial score (nSPS) is 17.0. The van der Waals surface area contributed by atoms with Gasteiger partial charge in [0.05, 0.1) is 46.1 Å². The molecule has 0 fully saturated rings. The van der Waals surface area contributed by atoms with E-state index < -0.39 is 5.92 Å². The van der Waals surface area contributed by atoms with E-state index in [0.29, 0.717) is 34.1 Å². The molecule has 0 bridgehead atoms. The number of anilines is 1. The number of thiazole rings is 1. The molecule has 0 saturated carbocycles. The Morgan fingerprint density at radius 3 is 2.88 bits per heavy atom. The Labute approximate surface area is 197 Å². The molecule has 5 rings (SSSR count). The molecule has 0 saturated heterocycles. The fraction of sp³-hybridized carbons (Fsp3) is 0.130. The van der Waals surface area contributed by atoms with Gasteiger partial charge >= 0.3 is 0 Å². The number of nitrogens with one attached hydrogen (secondary N) is 2. The molecule has 0 amide bonds. The van der Waals surface area contributed by atoms with E-state index in [4.69, 9.17) is 16.6 Å². The van der Waals surface area contributed by atoms with Gasteiger partial charge in [-0.2, -0.15) is 5.26 Å². The monoisotopic (exact) mass is 477 g/mol. The smallest absolute Gasteiger partial charge is 0.254 e. The third-order valence-electron chi connectivity index (χ3n) is 5.16. The highest BCUT2D eigenvalue weighted by molar-refractivity contribution is 8.02. The van der Waals surface area contributed by atoms with E-state index in [1.54, 1.807) is 17.5 Å². The van der Waals surface area contributed by atoms with Crippen molar-refractivity contribution in [3.05, 3.63) is 91.3 Å². The predicted octanol–water partition coefficient (Wildman–Crippen LogP) is 5.34. The second-order valence-corrected chi connectivity index (χ2v) is 9.43. The number of nitrogens with zero attached hydrogens (tertiary/aromatic N) is 3. The Kier molecular flexibility index (Phi) is 5.70. The average Bonchev–Trinajstić information content (AvgIpc) is 3.50. The number of thioether (sulfide) groups is 1. The number of aromatic amines is 1. The third-order valence-corrected chi connectivity index (χ3v) is 7.40. The topological polar surface area (TPSA) is 93.9 Å². The highest BCUT2D eigenvalue weighted by Crippen LogP contribution is 2.41. The first-order chi connectivity index (χ1) is 15.6. The van der Waals surface area contributed by atoms with E-state index >= 15 is 0 Å². The number of rotatable bonds is 5. The number of nitriles is 1. The van der Waals surface area contributed by atoms with Crippen LogP contribution in [0.25, 0.3) is 10.6 Å². The summed E-state index contributed by atoms with van der Waals surface area (Å²) < 4.78 is 0. The molecular weight excluding hydrogens is 462 g/mol. The lowest BCUT2D eigenvalue weighted by atomic mass is 9.85. The van der Waals surface area contributed by atoms with E-state index in [-0.39, 0.29) is 5.56 Å². The molecule has 2 aliphatic rings. The lowest BCUT2D eigenvalue weighted by Crippen LogP contribution is -2.28. The Balaban J connectivity index is 1.44. The Bertz CT molecular complexity index is 1380. The van der Waals surface area contributed by atoms with Crippen LogP contribution >= 0.6 is 34.7 Å². The number of allylic oxidation sites excluding steroid dienone is 2. The highest BCUT2D eigenvalue weighted by atomic mass is 35.5. The first-order valence-electron chi connectivity index (χ1n) is 9.81. The summed E-state index contributed by atoms with van der Waals surface area (Å²) in [5, 5.41) is 17.6. The van der Waals surface area contributed by atoms with Crippen LogP contribution in [-0.2, 0) is 5.75 Å². The van der Waals surface area contributed by atoms with E-state index in [2.05, 4.69) is 21.4 Å². The zero-order chi connectivity index (χ0) is 22.1. The van der Waals surface area contributed by atoms with Gasteiger partial charge in [-0.3, -0.25) is 9.79 Å². The molecule has 1 aromatic carbocycles. The summed E-state index contributed by atoms with van der Waals surface area (Å²) in [6.07, 6.45) is 5.43. The molecule has 0 radical (unpaired) electrons. The van der Waals surface area contributed by atoms with Gasteiger partial charge in [0.25, 0.3) is 5.56 Å². The van der Waals surface area contributed by atoms with E-state index in [9.17, 15) is 10.1 Å². The van der Waals surface area contributed by atoms with Crippen LogP contribution in [0.1, 0.15) is 17.2 Å². The first kappa shape index (κ1) is 20.8. The van der Waals surface area contributed by atoms with Gasteiger partial charge in [-0.05, 0) is 24.3 Å². The van der Waals surface area contributed by atoms with Crippen molar-refractivity contribution in [3.63, 3.8) is 0 Å². The van der Waals surface area contributed by atoms with Crippen LogP contribution in [0.2, 0.25) is 5.02 Å². The van der Waals surface area contributed by atoms with Gasteiger partial charge < -0.3 is 10.3 Å². The third kappa shape index (κ3) is 3.91. The molecule has 2 N–H and O–H groups in total. The average molecular weight is 478 g/mol. The Morgan fingerprint density at radius 1 is 1.28 bits per heavy atom. The molecule has 2 aromatic heterocycles. The molecule has 2 aliphatic heterocycles. The fourth-order valence-electron chi connectivity index (χ4n) is 3.69. The minimum absolute atomic E-state index is 0.216. The van der Waals surface area contributed by atoms with Gasteiger partial charge in [0.15, 0.2) is 0 Å². The summed E-state index contributed by atoms with van der Waals surface area (Å²) in [4.78, 5) is 24.6. The van der Waals surface area contributed by atoms with Gasteiger partial charge in [-0.25, -0.2) is 4.98 Å². The quantitative estimate of drug-likeness (QED) is 0.517. The number of benzene rings is 1. The second kappa shape index (κ2) is 8.79. The molecule has 3 aromatic rings. The van der Waals surface area contributed by atoms with Crippen molar-refractivity contribution in [1.29, 1.82) is 5.26 Å². The molecule has 4 heterocycles. The Morgan fingerprint density at radius 2 is 2.12 bits per heavy atom. The number of hydrogen-bond acceptors (Lipinski definition) is 7. The van der Waals surface area contributed by atoms with Crippen LogP contribution in [0.15, 0.2) is 74.4 Å². The van der Waals surface area contributed by atoms with Gasteiger partial charge in [-0.15, -0.1) is 23.1 Å². The van der Waals surface area contributed by atoms with Gasteiger partial charge in [0, 0.05) is 33.6 Å². The maximum absolute atomic E-state index is 12.6. The standard InChI is InChI=1S/C23H16ClN5OS2/c24-14-5-3-13(4-6-14)22-28-15(11-31-22)12-32-23-16(10-25)19(17-2-1-8-26-17)20-18(29-23)7-9-27-21(20)30/h1-7,9,11,19,29H,8,12H2,(H,27,30). The highest BCUT2D eigenvalue weighted by Gasteiger charge is 2.34. The number of pyridine rings is 1. The molecule has 0 aliphatic carbocycles. The van der Waals surface area contributed by atoms with Crippen molar-refractivity contribution in [3.8, 4) is 16.6 Å². The molecule has 0 spiro atoms. The second-order valence-electron chi connectivity index (χ2n) is 7.15. The van der Waals surface area contributed by atoms with Gasteiger partial charge in [-0.1, -0.05) is 29.8 Å². The van der Waals surface area contributed by atoms with Crippen LogP contribution in [0.4, 0.5) is 5.69 Å². The van der Waals surface area contributed by atoms with E-state index in [1.807, 2.05) is 47.9 Å². The zero-order valence-corrected chi connectivity index (χ0v) is 19.0. The lowest BCUT2D eigenvalue weighted by molar-refractivity contribution is 0.997. The number of aliphatic imine (C=N–C) groups is 1. The molecular formula is C23H16ClN5OS2. The van der Waals surface area contributed by atoms with Crippen LogP contribution in [0, 0.1) is 11.3 Å². The summed E-state index contributed by atoms with van der Waals surface area (Å²) in [5.74, 6) is 0.105. The van der Waals surface area contributed by atoms with Crippen molar-refractivity contribution in [2.45, 2.75) is 11.7 Å². The predicted molar refractivity (Wildman–Crippen MR) is 131 cm³/mol. The van der Waals surface area contributed by atoms with Crippen LogP contribution in [-0.4, -0.2) is 22.2 Å². The summed E-state index contributed by atoms with van der Waals surface area (Å²) in [5.41, 5.74) is 4.17. The molecule has 158 valence electrons. The molecule has 6 nitrogen and oxygen atoms in total. The largest absolute Gasteiger partial charge is 0.349 e. The summed E-state index contributed by atoms with van der Waals surface area (Å²) in [7, 11) is 0. The maximum Gasteiger partial charge on any atom is 0.254 e. The summed E-state index contributed by atoms with van der Waals surface area (Å²) >= 11 is 9.05. The zero-order valence-electron chi connectivity index (χ0n) is 16.6. The van der Waals surface area contributed by atoms with Crippen molar-refractivity contribution in [2.24, 2.45) is 4.99 Å². The molecule has 32 heavy (non-hydrogen) atoms. The van der Waals surface area contributed by atoms with Crippen molar-refractivity contribution < 1.29 is 0 Å². The van der Waals surface area contributed by atoms with Crippen LogP contribution in [0.3, 0.4) is 0 Å². The van der Waals surface area contributed by atoms with E-state index in [0.717, 1.165) is 27.0 Å². The minimum atomic E-state index is -0.484. The molecule has 1 unspecified atom stereocenters. The van der Waals surface area contributed by atoms with Gasteiger partial charge in [0.1, 0.15) is 5.01 Å². The van der Waals surface area contributed by atoms with Crippen molar-refractivity contribution in [2.75, 3.05) is 11.9 Å². The lowest BCUT2D eigenvalue weighted by Gasteiger charge is -2.27. The molecule has 9 heteroatoms. The van der Waals surface area contributed by atoms with Crippen LogP contribution < -0.4 is 10.9 Å². The fourth-order valence-corrected chi connectivity index (χ4v) is 5.69. The van der Waals surface area contributed by atoms with Crippen LogP contribution in [0.5, 0.6) is 0 Å². The summed E-state index contributed by atoms with van der Waals surface area (Å²) in [6, 6.07) is 11.7. The number of aromatic nitrogens is 2. The first-order valence-corrected chi connectivity index (χ1v) is 12.1. The minimum Gasteiger partial charge on any atom is -0.349 e.